The van der Waals surface area contributed by atoms with E-state index < -0.39 is 0 Å². The molecule has 25 heavy (non-hydrogen) atoms. The molecule has 2 aromatic carbocycles. The second-order valence-electron chi connectivity index (χ2n) is 6.23. The minimum Gasteiger partial charge on any atom is -0.494 e. The molecule has 0 bridgehead atoms. The first-order valence-electron chi connectivity index (χ1n) is 8.34. The van der Waals surface area contributed by atoms with E-state index in [1.165, 1.54) is 4.90 Å². The Morgan fingerprint density at radius 3 is 2.08 bits per heavy atom. The van der Waals surface area contributed by atoms with Crippen molar-refractivity contribution >= 4 is 27.7 Å². The fraction of sp³-hybridized carbons (Fsp3) is 0.300. The molecule has 1 aliphatic rings. The molecule has 0 atom stereocenters. The molecule has 0 aromatic heterocycles. The van der Waals surface area contributed by atoms with Crippen molar-refractivity contribution in [1.82, 2.24) is 4.90 Å². The van der Waals surface area contributed by atoms with Crippen LogP contribution in [0, 0.1) is 13.8 Å². The van der Waals surface area contributed by atoms with Gasteiger partial charge in [-0.2, -0.15) is 0 Å². The maximum Gasteiger partial charge on any atom is 0.261 e. The van der Waals surface area contributed by atoms with Gasteiger partial charge >= 0.3 is 0 Å². The molecular formula is C20H20BrNO3. The number of carbonyl (C=O) groups excluding carboxylic acids is 2. The second kappa shape index (κ2) is 7.40. The molecule has 4 nitrogen and oxygen atoms in total. The fourth-order valence-electron chi connectivity index (χ4n) is 2.99. The van der Waals surface area contributed by atoms with Crippen molar-refractivity contribution < 1.29 is 14.3 Å². The summed E-state index contributed by atoms with van der Waals surface area (Å²) >= 11 is 3.54. The lowest BCUT2D eigenvalue weighted by Gasteiger charge is -2.14. The average Bonchev–Trinajstić information content (AvgIpc) is 2.84. The van der Waals surface area contributed by atoms with E-state index >= 15 is 0 Å². The number of carbonyl (C=O) groups is 2. The molecule has 5 heteroatoms. The van der Waals surface area contributed by atoms with Crippen molar-refractivity contribution in [2.45, 2.75) is 26.7 Å². The highest BCUT2D eigenvalue weighted by Gasteiger charge is 2.34. The average molecular weight is 402 g/mol. The quantitative estimate of drug-likeness (QED) is 0.527. The highest BCUT2D eigenvalue weighted by molar-refractivity contribution is 9.10. The van der Waals surface area contributed by atoms with Crippen LogP contribution in [-0.2, 0) is 0 Å². The van der Waals surface area contributed by atoms with Crippen molar-refractivity contribution in [1.29, 1.82) is 0 Å². The molecule has 2 aromatic rings. The summed E-state index contributed by atoms with van der Waals surface area (Å²) < 4.78 is 6.90. The first-order chi connectivity index (χ1) is 12.0. The fourth-order valence-corrected chi connectivity index (χ4v) is 3.22. The summed E-state index contributed by atoms with van der Waals surface area (Å²) in [7, 11) is 0. The molecule has 1 aliphatic heterocycles. The number of rotatable bonds is 6. The van der Waals surface area contributed by atoms with Crippen LogP contribution in [0.3, 0.4) is 0 Å². The van der Waals surface area contributed by atoms with E-state index in [4.69, 9.17) is 4.74 Å². The zero-order valence-electron chi connectivity index (χ0n) is 14.3. The number of benzene rings is 2. The Morgan fingerprint density at radius 2 is 1.52 bits per heavy atom. The number of imide groups is 1. The molecule has 0 saturated heterocycles. The van der Waals surface area contributed by atoms with Gasteiger partial charge in [0.25, 0.3) is 11.8 Å². The summed E-state index contributed by atoms with van der Waals surface area (Å²) in [5, 5.41) is 0. The van der Waals surface area contributed by atoms with E-state index in [0.717, 1.165) is 34.2 Å². The van der Waals surface area contributed by atoms with Crippen LogP contribution >= 0.6 is 15.9 Å². The van der Waals surface area contributed by atoms with Crippen LogP contribution in [-0.4, -0.2) is 29.9 Å². The molecule has 0 fully saturated rings. The van der Waals surface area contributed by atoms with E-state index in [1.807, 2.05) is 26.0 Å². The summed E-state index contributed by atoms with van der Waals surface area (Å²) in [6.07, 6.45) is 1.50. The third kappa shape index (κ3) is 3.61. The van der Waals surface area contributed by atoms with Gasteiger partial charge in [0.1, 0.15) is 5.75 Å². The summed E-state index contributed by atoms with van der Waals surface area (Å²) in [6, 6.07) is 11.0. The Balaban J connectivity index is 1.48. The van der Waals surface area contributed by atoms with Crippen LogP contribution in [0.4, 0.5) is 0 Å². The standard InChI is InChI=1S/C20H20BrNO3/c1-13-11-15(12-14(2)18(13)21)25-10-6-5-9-22-19(23)16-7-3-4-8-17(16)20(22)24/h3-4,7-8,11-12H,5-6,9-10H2,1-2H3. The minimum absolute atomic E-state index is 0.194. The molecule has 3 rings (SSSR count). The SMILES string of the molecule is Cc1cc(OCCCCN2C(=O)c3ccccc3C2=O)cc(C)c1Br. The molecule has 2 amide bonds. The van der Waals surface area contributed by atoms with Crippen molar-refractivity contribution in [2.75, 3.05) is 13.2 Å². The summed E-state index contributed by atoms with van der Waals surface area (Å²) in [5.74, 6) is 0.459. The monoisotopic (exact) mass is 401 g/mol. The van der Waals surface area contributed by atoms with Gasteiger partial charge in [0.05, 0.1) is 17.7 Å². The van der Waals surface area contributed by atoms with E-state index in [-0.39, 0.29) is 11.8 Å². The minimum atomic E-state index is -0.194. The van der Waals surface area contributed by atoms with E-state index in [0.29, 0.717) is 24.3 Å². The Morgan fingerprint density at radius 1 is 0.960 bits per heavy atom. The molecule has 0 saturated carbocycles. The lowest BCUT2D eigenvalue weighted by molar-refractivity contribution is 0.0649. The van der Waals surface area contributed by atoms with Crippen LogP contribution in [0.25, 0.3) is 0 Å². The predicted molar refractivity (Wildman–Crippen MR) is 100 cm³/mol. The zero-order chi connectivity index (χ0) is 18.0. The third-order valence-electron chi connectivity index (χ3n) is 4.33. The molecule has 0 N–H and O–H groups in total. The third-order valence-corrected chi connectivity index (χ3v) is 5.58. The molecule has 1 heterocycles. The zero-order valence-corrected chi connectivity index (χ0v) is 15.9. The van der Waals surface area contributed by atoms with E-state index in [9.17, 15) is 9.59 Å². The number of ether oxygens (including phenoxy) is 1. The van der Waals surface area contributed by atoms with Crippen LogP contribution in [0.15, 0.2) is 40.9 Å². The van der Waals surface area contributed by atoms with Gasteiger partial charge in [-0.25, -0.2) is 0 Å². The Bertz CT molecular complexity index is 773. The van der Waals surface area contributed by atoms with E-state index in [2.05, 4.69) is 15.9 Å². The van der Waals surface area contributed by atoms with Gasteiger partial charge in [0.2, 0.25) is 0 Å². The van der Waals surface area contributed by atoms with Gasteiger partial charge < -0.3 is 4.74 Å². The Hall–Kier alpha value is -2.14. The van der Waals surface area contributed by atoms with Gasteiger partial charge in [-0.3, -0.25) is 14.5 Å². The van der Waals surface area contributed by atoms with Crippen LogP contribution in [0.2, 0.25) is 0 Å². The number of hydrogen-bond donors (Lipinski definition) is 0. The van der Waals surface area contributed by atoms with Gasteiger partial charge in [-0.05, 0) is 62.1 Å². The molecule has 0 radical (unpaired) electrons. The molecule has 0 spiro atoms. The number of hydrogen-bond acceptors (Lipinski definition) is 3. The van der Waals surface area contributed by atoms with Gasteiger partial charge in [-0.1, -0.05) is 28.1 Å². The number of aryl methyl sites for hydroxylation is 2. The van der Waals surface area contributed by atoms with Crippen molar-refractivity contribution in [3.63, 3.8) is 0 Å². The topological polar surface area (TPSA) is 46.6 Å². The largest absolute Gasteiger partial charge is 0.494 e. The predicted octanol–water partition coefficient (Wildman–Crippen LogP) is 4.52. The molecule has 0 aliphatic carbocycles. The highest BCUT2D eigenvalue weighted by atomic mass is 79.9. The number of nitrogens with zero attached hydrogens (tertiary/aromatic N) is 1. The van der Waals surface area contributed by atoms with Gasteiger partial charge in [-0.15, -0.1) is 0 Å². The Kier molecular flexibility index (Phi) is 5.23. The maximum atomic E-state index is 12.3. The first-order valence-corrected chi connectivity index (χ1v) is 9.13. The summed E-state index contributed by atoms with van der Waals surface area (Å²) in [4.78, 5) is 25.9. The Labute approximate surface area is 155 Å². The van der Waals surface area contributed by atoms with E-state index in [1.54, 1.807) is 24.3 Å². The van der Waals surface area contributed by atoms with Crippen molar-refractivity contribution in [3.05, 3.63) is 63.1 Å². The van der Waals surface area contributed by atoms with Crippen molar-refractivity contribution in [3.8, 4) is 5.75 Å². The second-order valence-corrected chi connectivity index (χ2v) is 7.03. The van der Waals surface area contributed by atoms with Crippen molar-refractivity contribution in [2.24, 2.45) is 0 Å². The van der Waals surface area contributed by atoms with Gasteiger partial charge in [0.15, 0.2) is 0 Å². The molecule has 130 valence electrons. The molecular weight excluding hydrogens is 382 g/mol. The lowest BCUT2D eigenvalue weighted by Crippen LogP contribution is -2.30. The normalized spacial score (nSPS) is 13.3. The number of halogens is 1. The number of fused-ring (bicyclic) bond motifs is 1. The number of unbranched alkanes of at least 4 members (excludes halogenated alkanes) is 1. The lowest BCUT2D eigenvalue weighted by atomic mass is 10.1. The summed E-state index contributed by atoms with van der Waals surface area (Å²) in [5.41, 5.74) is 3.29. The highest BCUT2D eigenvalue weighted by Crippen LogP contribution is 2.26. The van der Waals surface area contributed by atoms with Crippen LogP contribution < -0.4 is 4.74 Å². The molecule has 0 unspecified atom stereocenters. The first kappa shape index (κ1) is 17.7. The van der Waals surface area contributed by atoms with Gasteiger partial charge in [0, 0.05) is 11.0 Å². The smallest absolute Gasteiger partial charge is 0.261 e. The maximum absolute atomic E-state index is 12.3. The summed E-state index contributed by atoms with van der Waals surface area (Å²) in [6.45, 7) is 5.05. The van der Waals surface area contributed by atoms with Crippen LogP contribution in [0.1, 0.15) is 44.7 Å². The van der Waals surface area contributed by atoms with Crippen LogP contribution in [0.5, 0.6) is 5.75 Å². The number of amides is 2.